The maximum absolute atomic E-state index is 14.5. The molecule has 0 saturated carbocycles. The summed E-state index contributed by atoms with van der Waals surface area (Å²) in [5.74, 6) is -0.110. The van der Waals surface area contributed by atoms with Crippen molar-refractivity contribution in [2.75, 3.05) is 32.1 Å². The SMILES string of the molecule is CCC(N)Cc1cccc(F)c1N1CCCC1CN(C)C. The van der Waals surface area contributed by atoms with Gasteiger partial charge in [0.2, 0.25) is 0 Å². The highest BCUT2D eigenvalue weighted by atomic mass is 19.1. The first-order chi connectivity index (χ1) is 10.0. The third kappa shape index (κ3) is 3.95. The first-order valence-corrected chi connectivity index (χ1v) is 7.97. The van der Waals surface area contributed by atoms with Crippen LogP contribution in [-0.4, -0.2) is 44.2 Å². The van der Waals surface area contributed by atoms with E-state index in [0.29, 0.717) is 6.04 Å². The lowest BCUT2D eigenvalue weighted by Crippen LogP contribution is -2.38. The monoisotopic (exact) mass is 293 g/mol. The van der Waals surface area contributed by atoms with Crippen LogP contribution in [0.5, 0.6) is 0 Å². The molecule has 21 heavy (non-hydrogen) atoms. The molecule has 0 aromatic heterocycles. The molecule has 0 radical (unpaired) electrons. The molecule has 3 nitrogen and oxygen atoms in total. The summed E-state index contributed by atoms with van der Waals surface area (Å²) >= 11 is 0. The van der Waals surface area contributed by atoms with E-state index in [9.17, 15) is 4.39 Å². The molecule has 1 saturated heterocycles. The molecule has 1 fully saturated rings. The minimum Gasteiger partial charge on any atom is -0.365 e. The number of nitrogens with two attached hydrogens (primary N) is 1. The molecular weight excluding hydrogens is 265 g/mol. The maximum atomic E-state index is 14.5. The highest BCUT2D eigenvalue weighted by molar-refractivity contribution is 5.57. The third-order valence-electron chi connectivity index (χ3n) is 4.32. The van der Waals surface area contributed by atoms with E-state index >= 15 is 0 Å². The van der Waals surface area contributed by atoms with Crippen LogP contribution in [0.15, 0.2) is 18.2 Å². The van der Waals surface area contributed by atoms with Crippen LogP contribution in [0.2, 0.25) is 0 Å². The molecule has 4 heteroatoms. The van der Waals surface area contributed by atoms with Gasteiger partial charge in [-0.05, 0) is 51.4 Å². The molecule has 2 N–H and O–H groups in total. The Hall–Kier alpha value is -1.13. The van der Waals surface area contributed by atoms with Crippen LogP contribution >= 0.6 is 0 Å². The van der Waals surface area contributed by atoms with Gasteiger partial charge < -0.3 is 15.5 Å². The topological polar surface area (TPSA) is 32.5 Å². The number of para-hydroxylation sites is 1. The largest absolute Gasteiger partial charge is 0.365 e. The number of hydrogen-bond acceptors (Lipinski definition) is 3. The average Bonchev–Trinajstić information content (AvgIpc) is 2.86. The Morgan fingerprint density at radius 3 is 2.86 bits per heavy atom. The van der Waals surface area contributed by atoms with Crippen LogP contribution in [0, 0.1) is 5.82 Å². The van der Waals surface area contributed by atoms with E-state index in [1.807, 2.05) is 6.07 Å². The fourth-order valence-electron chi connectivity index (χ4n) is 3.21. The van der Waals surface area contributed by atoms with Crippen molar-refractivity contribution in [3.05, 3.63) is 29.6 Å². The number of benzene rings is 1. The zero-order chi connectivity index (χ0) is 15.4. The van der Waals surface area contributed by atoms with E-state index in [0.717, 1.165) is 50.0 Å². The second kappa shape index (κ2) is 7.23. The van der Waals surface area contributed by atoms with Crippen molar-refractivity contribution in [3.8, 4) is 0 Å². The molecule has 118 valence electrons. The van der Waals surface area contributed by atoms with Gasteiger partial charge in [-0.3, -0.25) is 0 Å². The number of rotatable bonds is 6. The van der Waals surface area contributed by atoms with Crippen molar-refractivity contribution in [3.63, 3.8) is 0 Å². The smallest absolute Gasteiger partial charge is 0.146 e. The number of likely N-dealkylation sites (N-methyl/N-ethyl adjacent to an activating group) is 1. The summed E-state index contributed by atoms with van der Waals surface area (Å²) in [6, 6.07) is 5.89. The predicted octanol–water partition coefficient (Wildman–Crippen LogP) is 2.64. The van der Waals surface area contributed by atoms with Crippen LogP contribution in [0.1, 0.15) is 31.7 Å². The lowest BCUT2D eigenvalue weighted by molar-refractivity contribution is 0.371. The van der Waals surface area contributed by atoms with Gasteiger partial charge in [-0.15, -0.1) is 0 Å². The van der Waals surface area contributed by atoms with Crippen LogP contribution < -0.4 is 10.6 Å². The molecule has 0 bridgehead atoms. The third-order valence-corrected chi connectivity index (χ3v) is 4.32. The first kappa shape index (κ1) is 16.2. The molecule has 0 spiro atoms. The Bertz CT molecular complexity index is 461. The van der Waals surface area contributed by atoms with E-state index in [-0.39, 0.29) is 11.9 Å². The standard InChI is InChI=1S/C17H28FN3/c1-4-14(19)11-13-7-5-9-16(18)17(13)21-10-6-8-15(21)12-20(2)3/h5,7,9,14-15H,4,6,8,10-12,19H2,1-3H3. The molecule has 2 atom stereocenters. The van der Waals surface area contributed by atoms with Crippen molar-refractivity contribution in [2.45, 2.75) is 44.7 Å². The molecular formula is C17H28FN3. The summed E-state index contributed by atoms with van der Waals surface area (Å²) in [4.78, 5) is 4.44. The summed E-state index contributed by atoms with van der Waals surface area (Å²) in [6.07, 6.45) is 3.92. The van der Waals surface area contributed by atoms with Gasteiger partial charge in [0.25, 0.3) is 0 Å². The van der Waals surface area contributed by atoms with Gasteiger partial charge in [0.1, 0.15) is 5.82 Å². The van der Waals surface area contributed by atoms with Crippen LogP contribution in [0.3, 0.4) is 0 Å². The highest BCUT2D eigenvalue weighted by Crippen LogP contribution is 2.32. The Kier molecular flexibility index (Phi) is 5.59. The summed E-state index contributed by atoms with van der Waals surface area (Å²) in [6.45, 7) is 3.98. The Morgan fingerprint density at radius 2 is 2.19 bits per heavy atom. The number of nitrogens with zero attached hydrogens (tertiary/aromatic N) is 2. The normalized spacial score (nSPS) is 20.3. The fraction of sp³-hybridized carbons (Fsp3) is 0.647. The summed E-state index contributed by atoms with van der Waals surface area (Å²) in [5, 5.41) is 0. The molecule has 0 amide bonds. The Labute approximate surface area is 127 Å². The second-order valence-corrected chi connectivity index (χ2v) is 6.37. The van der Waals surface area contributed by atoms with Crippen molar-refractivity contribution in [1.82, 2.24) is 4.90 Å². The van der Waals surface area contributed by atoms with E-state index in [2.05, 4.69) is 30.8 Å². The summed E-state index contributed by atoms with van der Waals surface area (Å²) < 4.78 is 14.5. The van der Waals surface area contributed by atoms with E-state index in [4.69, 9.17) is 5.73 Å². The summed E-state index contributed by atoms with van der Waals surface area (Å²) in [7, 11) is 4.15. The van der Waals surface area contributed by atoms with E-state index < -0.39 is 0 Å². The van der Waals surface area contributed by atoms with E-state index in [1.165, 1.54) is 0 Å². The Balaban J connectivity index is 2.28. The van der Waals surface area contributed by atoms with Crippen molar-refractivity contribution in [1.29, 1.82) is 0 Å². The minimum atomic E-state index is -0.110. The lowest BCUT2D eigenvalue weighted by Gasteiger charge is -2.31. The highest BCUT2D eigenvalue weighted by Gasteiger charge is 2.29. The van der Waals surface area contributed by atoms with E-state index in [1.54, 1.807) is 12.1 Å². The summed E-state index contributed by atoms with van der Waals surface area (Å²) in [5.41, 5.74) is 7.92. The van der Waals surface area contributed by atoms with Gasteiger partial charge in [0.05, 0.1) is 5.69 Å². The van der Waals surface area contributed by atoms with Crippen molar-refractivity contribution in [2.24, 2.45) is 5.73 Å². The first-order valence-electron chi connectivity index (χ1n) is 7.97. The van der Waals surface area contributed by atoms with Gasteiger partial charge in [-0.2, -0.15) is 0 Å². The predicted molar refractivity (Wildman–Crippen MR) is 87.3 cm³/mol. The lowest BCUT2D eigenvalue weighted by atomic mass is 10.0. The van der Waals surface area contributed by atoms with Gasteiger partial charge in [0.15, 0.2) is 0 Å². The number of anilines is 1. The molecule has 2 rings (SSSR count). The zero-order valence-corrected chi connectivity index (χ0v) is 13.5. The second-order valence-electron chi connectivity index (χ2n) is 6.37. The van der Waals surface area contributed by atoms with Gasteiger partial charge in [-0.1, -0.05) is 19.1 Å². The Morgan fingerprint density at radius 1 is 1.43 bits per heavy atom. The molecule has 1 heterocycles. The van der Waals surface area contributed by atoms with Crippen molar-refractivity contribution >= 4 is 5.69 Å². The number of halogens is 1. The van der Waals surface area contributed by atoms with Gasteiger partial charge in [-0.25, -0.2) is 4.39 Å². The van der Waals surface area contributed by atoms with Gasteiger partial charge in [0, 0.05) is 25.2 Å². The minimum absolute atomic E-state index is 0.0976. The maximum Gasteiger partial charge on any atom is 0.146 e. The zero-order valence-electron chi connectivity index (χ0n) is 13.5. The van der Waals surface area contributed by atoms with Crippen molar-refractivity contribution < 1.29 is 4.39 Å². The number of hydrogen-bond donors (Lipinski definition) is 1. The molecule has 1 aromatic rings. The fourth-order valence-corrected chi connectivity index (χ4v) is 3.21. The van der Waals surface area contributed by atoms with Crippen LogP contribution in [0.4, 0.5) is 10.1 Å². The average molecular weight is 293 g/mol. The molecule has 1 aromatic carbocycles. The molecule has 0 aliphatic carbocycles. The van der Waals surface area contributed by atoms with Gasteiger partial charge >= 0.3 is 0 Å². The molecule has 1 aliphatic rings. The van der Waals surface area contributed by atoms with Crippen LogP contribution in [0.25, 0.3) is 0 Å². The quantitative estimate of drug-likeness (QED) is 0.875. The molecule has 1 aliphatic heterocycles. The van der Waals surface area contributed by atoms with Crippen LogP contribution in [-0.2, 0) is 6.42 Å². The molecule has 2 unspecified atom stereocenters.